The van der Waals surface area contributed by atoms with Crippen LogP contribution in [0.15, 0.2) is 30.7 Å². The summed E-state index contributed by atoms with van der Waals surface area (Å²) in [6.45, 7) is 1.33. The highest BCUT2D eigenvalue weighted by atomic mass is 19.1. The summed E-state index contributed by atoms with van der Waals surface area (Å²) < 4.78 is 23.4. The molecule has 4 aromatic heterocycles. The van der Waals surface area contributed by atoms with Crippen LogP contribution in [0.5, 0.6) is 0 Å². The number of amides is 1. The number of halogens is 1. The number of hydrogen-bond acceptors (Lipinski definition) is 7. The second-order valence-corrected chi connectivity index (χ2v) is 9.11. The lowest BCUT2D eigenvalue weighted by atomic mass is 9.89. The summed E-state index contributed by atoms with van der Waals surface area (Å²) in [5.74, 6) is -0.140. The molecule has 0 radical (unpaired) electrons. The third-order valence-corrected chi connectivity index (χ3v) is 7.02. The van der Waals surface area contributed by atoms with Crippen molar-refractivity contribution >= 4 is 28.4 Å². The quantitative estimate of drug-likeness (QED) is 0.403. The van der Waals surface area contributed by atoms with Gasteiger partial charge in [-0.1, -0.05) is 0 Å². The summed E-state index contributed by atoms with van der Waals surface area (Å²) in [6, 6.07) is 3.22. The Morgan fingerprint density at radius 2 is 2.00 bits per heavy atom. The van der Waals surface area contributed by atoms with Crippen molar-refractivity contribution in [1.82, 2.24) is 29.5 Å². The lowest BCUT2D eigenvalue weighted by molar-refractivity contribution is 0.0448. The van der Waals surface area contributed by atoms with Crippen molar-refractivity contribution in [2.45, 2.75) is 43.9 Å². The molecule has 182 valence electrons. The van der Waals surface area contributed by atoms with Gasteiger partial charge in [0.1, 0.15) is 22.8 Å². The minimum absolute atomic E-state index is 0.190. The van der Waals surface area contributed by atoms with Crippen LogP contribution >= 0.6 is 0 Å². The van der Waals surface area contributed by atoms with Gasteiger partial charge in [-0.2, -0.15) is 9.61 Å². The van der Waals surface area contributed by atoms with Gasteiger partial charge in [-0.25, -0.2) is 14.4 Å². The number of nitrogens with one attached hydrogen (secondary N) is 2. The minimum atomic E-state index is -0.532. The molecule has 2 fully saturated rings. The smallest absolute Gasteiger partial charge is 0.257 e. The van der Waals surface area contributed by atoms with Gasteiger partial charge < -0.3 is 25.0 Å². The Bertz CT molecular complexity index is 1430. The molecule has 35 heavy (non-hydrogen) atoms. The zero-order valence-corrected chi connectivity index (χ0v) is 19.2. The molecular weight excluding hydrogens is 453 g/mol. The van der Waals surface area contributed by atoms with Gasteiger partial charge in [-0.05, 0) is 31.7 Å². The summed E-state index contributed by atoms with van der Waals surface area (Å²) in [7, 11) is 1.76. The van der Waals surface area contributed by atoms with Crippen LogP contribution in [0.4, 0.5) is 10.2 Å². The predicted molar refractivity (Wildman–Crippen MR) is 127 cm³/mol. The molecule has 1 saturated carbocycles. The van der Waals surface area contributed by atoms with E-state index in [-0.39, 0.29) is 18.0 Å². The molecule has 11 heteroatoms. The number of pyridine rings is 1. The Morgan fingerprint density at radius 1 is 1.17 bits per heavy atom. The largest absolute Gasteiger partial charge is 0.391 e. The molecule has 0 spiro atoms. The summed E-state index contributed by atoms with van der Waals surface area (Å²) >= 11 is 0. The van der Waals surface area contributed by atoms with Gasteiger partial charge in [-0.15, -0.1) is 0 Å². The molecule has 0 bridgehead atoms. The van der Waals surface area contributed by atoms with Gasteiger partial charge >= 0.3 is 0 Å². The van der Waals surface area contributed by atoms with Crippen LogP contribution in [-0.4, -0.2) is 67.6 Å². The highest BCUT2D eigenvalue weighted by Crippen LogP contribution is 2.35. The van der Waals surface area contributed by atoms with Gasteiger partial charge in [-0.3, -0.25) is 4.79 Å². The van der Waals surface area contributed by atoms with E-state index >= 15 is 0 Å². The second kappa shape index (κ2) is 8.58. The Morgan fingerprint density at radius 3 is 2.71 bits per heavy atom. The highest BCUT2D eigenvalue weighted by molar-refractivity contribution is 6.01. The summed E-state index contributed by atoms with van der Waals surface area (Å²) in [4.78, 5) is 22.2. The second-order valence-electron chi connectivity index (χ2n) is 9.11. The maximum atomic E-state index is 14.3. The molecule has 1 aliphatic carbocycles. The first kappa shape index (κ1) is 21.9. The topological polar surface area (TPSA) is 119 Å². The van der Waals surface area contributed by atoms with E-state index in [4.69, 9.17) is 9.72 Å². The average molecular weight is 480 g/mol. The van der Waals surface area contributed by atoms with Crippen LogP contribution in [-0.2, 0) is 4.74 Å². The molecule has 4 aromatic rings. The molecule has 3 N–H and O–H groups in total. The number of carbonyl (C=O) groups excluding carboxylic acids is 1. The van der Waals surface area contributed by atoms with Crippen LogP contribution in [0.25, 0.3) is 27.9 Å². The van der Waals surface area contributed by atoms with Crippen molar-refractivity contribution in [3.8, 4) is 11.3 Å². The number of fused-ring (bicyclic) bond motifs is 2. The summed E-state index contributed by atoms with van der Waals surface area (Å²) in [5.41, 5.74) is 2.66. The molecule has 1 aliphatic heterocycles. The van der Waals surface area contributed by atoms with E-state index in [1.54, 1.807) is 11.6 Å². The zero-order chi connectivity index (χ0) is 24.1. The number of anilines is 1. The molecule has 6 rings (SSSR count). The lowest BCUT2D eigenvalue weighted by Gasteiger charge is -2.32. The third-order valence-electron chi connectivity index (χ3n) is 7.02. The van der Waals surface area contributed by atoms with Crippen LogP contribution in [0, 0.1) is 5.82 Å². The normalized spacial score (nSPS) is 20.8. The standard InChI is InChI=1S/C24H26FN7O3/c1-26-21-9-19(29-23-16(11-28-32(21)23)24(34)30-18-2-3-20(18)33)17-12-31(14-4-6-35-7-5-14)22-15(17)8-13(25)10-27-22/h8-12,14,18,20,26,33H,2-7H2,1H3,(H,30,34)/t18-,20+/m1/s1. The Kier molecular flexibility index (Phi) is 5.37. The van der Waals surface area contributed by atoms with Crippen molar-refractivity contribution in [1.29, 1.82) is 0 Å². The molecule has 2 atom stereocenters. The maximum absolute atomic E-state index is 14.3. The SMILES string of the molecule is CNc1cc(-c2cn(C3CCOCC3)c3ncc(F)cc23)nc2c(C(=O)N[C@@H]3CC[C@@H]3O)cnn12. The third kappa shape index (κ3) is 3.71. The fraction of sp³-hybridized carbons (Fsp3) is 0.417. The number of aliphatic hydroxyl groups is 1. The highest BCUT2D eigenvalue weighted by Gasteiger charge is 2.31. The van der Waals surface area contributed by atoms with Crippen LogP contribution < -0.4 is 10.6 Å². The average Bonchev–Trinajstić information content (AvgIpc) is 3.47. The van der Waals surface area contributed by atoms with Crippen molar-refractivity contribution in [3.05, 3.63) is 42.1 Å². The first-order valence-electron chi connectivity index (χ1n) is 11.8. The molecular formula is C24H26FN7O3. The van der Waals surface area contributed by atoms with Crippen molar-refractivity contribution in [2.75, 3.05) is 25.6 Å². The Hall–Kier alpha value is -3.57. The predicted octanol–water partition coefficient (Wildman–Crippen LogP) is 2.53. The van der Waals surface area contributed by atoms with E-state index < -0.39 is 11.9 Å². The van der Waals surface area contributed by atoms with Gasteiger partial charge in [0, 0.05) is 49.5 Å². The van der Waals surface area contributed by atoms with Gasteiger partial charge in [0.2, 0.25) is 0 Å². The fourth-order valence-corrected chi connectivity index (χ4v) is 4.89. The number of rotatable bonds is 5. The number of ether oxygens (including phenoxy) is 1. The lowest BCUT2D eigenvalue weighted by Crippen LogP contribution is -2.50. The number of hydrogen-bond donors (Lipinski definition) is 3. The Balaban J connectivity index is 1.48. The molecule has 1 saturated heterocycles. The fourth-order valence-electron chi connectivity index (χ4n) is 4.89. The van der Waals surface area contributed by atoms with Crippen molar-refractivity contribution in [3.63, 3.8) is 0 Å². The number of aliphatic hydroxyl groups excluding tert-OH is 1. The molecule has 1 amide bonds. The number of nitrogens with zero attached hydrogens (tertiary/aromatic N) is 5. The van der Waals surface area contributed by atoms with E-state index in [1.807, 2.05) is 12.3 Å². The molecule has 5 heterocycles. The van der Waals surface area contributed by atoms with E-state index in [9.17, 15) is 14.3 Å². The van der Waals surface area contributed by atoms with Crippen LogP contribution in [0.1, 0.15) is 42.1 Å². The summed E-state index contributed by atoms with van der Waals surface area (Å²) in [5, 5.41) is 20.8. The van der Waals surface area contributed by atoms with E-state index in [1.165, 1.54) is 18.5 Å². The van der Waals surface area contributed by atoms with Crippen LogP contribution in [0.3, 0.4) is 0 Å². The van der Waals surface area contributed by atoms with Crippen molar-refractivity contribution in [2.24, 2.45) is 0 Å². The van der Waals surface area contributed by atoms with Gasteiger partial charge in [0.25, 0.3) is 5.91 Å². The maximum Gasteiger partial charge on any atom is 0.257 e. The molecule has 0 unspecified atom stereocenters. The monoisotopic (exact) mass is 479 g/mol. The van der Waals surface area contributed by atoms with Gasteiger partial charge in [0.05, 0.1) is 30.2 Å². The first-order chi connectivity index (χ1) is 17.0. The summed E-state index contributed by atoms with van der Waals surface area (Å²) in [6.07, 6.45) is 7.23. The molecule has 10 nitrogen and oxygen atoms in total. The number of carbonyl (C=O) groups is 1. The van der Waals surface area contributed by atoms with E-state index in [2.05, 4.69) is 25.3 Å². The van der Waals surface area contributed by atoms with E-state index in [0.29, 0.717) is 53.4 Å². The van der Waals surface area contributed by atoms with Gasteiger partial charge in [0.15, 0.2) is 5.65 Å². The van der Waals surface area contributed by atoms with Crippen molar-refractivity contribution < 1.29 is 19.0 Å². The first-order valence-corrected chi connectivity index (χ1v) is 11.8. The minimum Gasteiger partial charge on any atom is -0.391 e. The number of aromatic nitrogens is 5. The molecule has 2 aliphatic rings. The van der Waals surface area contributed by atoms with E-state index in [0.717, 1.165) is 24.8 Å². The zero-order valence-electron chi connectivity index (χ0n) is 19.2. The molecule has 0 aromatic carbocycles. The Labute approximate surface area is 200 Å². The van der Waals surface area contributed by atoms with Crippen LogP contribution in [0.2, 0.25) is 0 Å².